The number of hydrogen-bond donors (Lipinski definition) is 1. The predicted octanol–water partition coefficient (Wildman–Crippen LogP) is 3.25. The molecule has 0 unspecified atom stereocenters. The third kappa shape index (κ3) is 4.37. The van der Waals surface area contributed by atoms with E-state index < -0.39 is 0 Å². The van der Waals surface area contributed by atoms with Gasteiger partial charge in [-0.3, -0.25) is 9.59 Å². The molecule has 5 nitrogen and oxygen atoms in total. The molecule has 27 heavy (non-hydrogen) atoms. The highest BCUT2D eigenvalue weighted by Crippen LogP contribution is 2.23. The van der Waals surface area contributed by atoms with Crippen molar-refractivity contribution in [1.29, 1.82) is 0 Å². The lowest BCUT2D eigenvalue weighted by Crippen LogP contribution is -2.47. The topological polar surface area (TPSA) is 52.7 Å². The number of carbonyl (C=O) groups is 2. The Morgan fingerprint density at radius 3 is 2.11 bits per heavy atom. The third-order valence-electron chi connectivity index (χ3n) is 5.08. The summed E-state index contributed by atoms with van der Waals surface area (Å²) in [5, 5.41) is 3.00. The van der Waals surface area contributed by atoms with Gasteiger partial charge in [-0.2, -0.15) is 0 Å². The summed E-state index contributed by atoms with van der Waals surface area (Å²) < 4.78 is 0. The highest BCUT2D eigenvalue weighted by Gasteiger charge is 2.21. The molecule has 1 heterocycles. The average molecular weight is 365 g/mol. The van der Waals surface area contributed by atoms with Crippen LogP contribution in [0.2, 0.25) is 0 Å². The largest absolute Gasteiger partial charge is 0.336 e. The minimum Gasteiger partial charge on any atom is -0.336 e. The van der Waals surface area contributed by atoms with Crippen molar-refractivity contribution in [3.63, 3.8) is 0 Å². The van der Waals surface area contributed by atoms with Crippen molar-refractivity contribution in [1.82, 2.24) is 9.80 Å². The molecule has 2 aromatic carbocycles. The maximum Gasteiger partial charge on any atom is 0.255 e. The molecule has 2 aromatic rings. The van der Waals surface area contributed by atoms with Crippen molar-refractivity contribution in [2.45, 2.75) is 20.8 Å². The van der Waals surface area contributed by atoms with E-state index in [4.69, 9.17) is 0 Å². The van der Waals surface area contributed by atoms with E-state index in [0.717, 1.165) is 29.9 Å². The molecule has 1 saturated heterocycles. The number of amides is 2. The fraction of sp³-hybridized carbons (Fsp3) is 0.364. The van der Waals surface area contributed by atoms with E-state index in [1.807, 2.05) is 25.7 Å². The Kier molecular flexibility index (Phi) is 5.61. The third-order valence-corrected chi connectivity index (χ3v) is 5.08. The van der Waals surface area contributed by atoms with E-state index in [2.05, 4.69) is 29.4 Å². The van der Waals surface area contributed by atoms with Gasteiger partial charge in [-0.25, -0.2) is 0 Å². The fourth-order valence-electron chi connectivity index (χ4n) is 3.55. The van der Waals surface area contributed by atoms with Gasteiger partial charge in [0.1, 0.15) is 0 Å². The Labute approximate surface area is 161 Å². The summed E-state index contributed by atoms with van der Waals surface area (Å²) in [4.78, 5) is 29.6. The Morgan fingerprint density at radius 2 is 1.48 bits per heavy atom. The zero-order valence-corrected chi connectivity index (χ0v) is 16.5. The van der Waals surface area contributed by atoms with Crippen LogP contribution in [0.15, 0.2) is 36.4 Å². The second kappa shape index (κ2) is 7.92. The molecule has 1 aliphatic heterocycles. The first kappa shape index (κ1) is 19.1. The van der Waals surface area contributed by atoms with Crippen molar-refractivity contribution >= 4 is 17.5 Å². The van der Waals surface area contributed by atoms with Gasteiger partial charge in [0.2, 0.25) is 0 Å². The summed E-state index contributed by atoms with van der Waals surface area (Å²) >= 11 is 0. The fourth-order valence-corrected chi connectivity index (χ4v) is 3.55. The molecular weight excluding hydrogens is 338 g/mol. The molecule has 142 valence electrons. The van der Waals surface area contributed by atoms with Crippen LogP contribution in [0, 0.1) is 20.8 Å². The smallest absolute Gasteiger partial charge is 0.255 e. The maximum absolute atomic E-state index is 12.8. The van der Waals surface area contributed by atoms with Gasteiger partial charge in [0, 0.05) is 43.0 Å². The van der Waals surface area contributed by atoms with Crippen LogP contribution in [0.4, 0.5) is 5.69 Å². The van der Waals surface area contributed by atoms with Gasteiger partial charge in [-0.1, -0.05) is 23.8 Å². The molecule has 1 fully saturated rings. The van der Waals surface area contributed by atoms with Crippen LogP contribution in [0.5, 0.6) is 0 Å². The van der Waals surface area contributed by atoms with Crippen molar-refractivity contribution in [3.05, 3.63) is 64.2 Å². The maximum atomic E-state index is 12.8. The zero-order chi connectivity index (χ0) is 19.6. The number of piperazine rings is 1. The molecule has 3 rings (SSSR count). The second-order valence-electron chi connectivity index (χ2n) is 7.40. The Hall–Kier alpha value is -2.66. The van der Waals surface area contributed by atoms with Crippen LogP contribution in [0.25, 0.3) is 0 Å². The predicted molar refractivity (Wildman–Crippen MR) is 108 cm³/mol. The highest BCUT2D eigenvalue weighted by molar-refractivity contribution is 6.06. The first-order valence-electron chi connectivity index (χ1n) is 9.32. The van der Waals surface area contributed by atoms with Crippen molar-refractivity contribution in [2.24, 2.45) is 0 Å². The number of aryl methyl sites for hydroxylation is 3. The van der Waals surface area contributed by atoms with Crippen LogP contribution < -0.4 is 5.32 Å². The number of nitrogens with one attached hydrogen (secondary N) is 1. The summed E-state index contributed by atoms with van der Waals surface area (Å²) in [6.07, 6.45) is 0. The highest BCUT2D eigenvalue weighted by atomic mass is 16.2. The summed E-state index contributed by atoms with van der Waals surface area (Å²) in [5.74, 6) is -0.210. The summed E-state index contributed by atoms with van der Waals surface area (Å²) in [6, 6.07) is 11.1. The summed E-state index contributed by atoms with van der Waals surface area (Å²) in [5.41, 5.74) is 5.12. The van der Waals surface area contributed by atoms with E-state index in [9.17, 15) is 9.59 Å². The minimum atomic E-state index is -0.196. The molecule has 1 N–H and O–H groups in total. The van der Waals surface area contributed by atoms with Gasteiger partial charge >= 0.3 is 0 Å². The minimum absolute atomic E-state index is 0.0135. The standard InChI is InChI=1S/C22H27N3O2/c1-15-12-16(2)20(17(3)13-15)23-21(26)18-6-5-7-19(14-18)22(27)25-10-8-24(4)9-11-25/h5-7,12-14H,8-11H2,1-4H3,(H,23,26). The number of hydrogen-bond acceptors (Lipinski definition) is 3. The number of likely N-dealkylation sites (N-methyl/N-ethyl adjacent to an activating group) is 1. The van der Waals surface area contributed by atoms with Crippen molar-refractivity contribution < 1.29 is 9.59 Å². The van der Waals surface area contributed by atoms with Gasteiger partial charge < -0.3 is 15.1 Å². The van der Waals surface area contributed by atoms with Gasteiger partial charge in [0.15, 0.2) is 0 Å². The molecule has 1 aliphatic rings. The van der Waals surface area contributed by atoms with E-state index in [0.29, 0.717) is 24.2 Å². The molecule has 0 radical (unpaired) electrons. The SMILES string of the molecule is Cc1cc(C)c(NC(=O)c2cccc(C(=O)N3CCN(C)CC3)c2)c(C)c1. The lowest BCUT2D eigenvalue weighted by molar-refractivity contribution is 0.0664. The van der Waals surface area contributed by atoms with Crippen molar-refractivity contribution in [2.75, 3.05) is 38.5 Å². The van der Waals surface area contributed by atoms with E-state index in [-0.39, 0.29) is 11.8 Å². The van der Waals surface area contributed by atoms with Gasteiger partial charge in [-0.05, 0) is 57.1 Å². The zero-order valence-electron chi connectivity index (χ0n) is 16.5. The second-order valence-corrected chi connectivity index (χ2v) is 7.40. The number of rotatable bonds is 3. The average Bonchev–Trinajstić information content (AvgIpc) is 2.64. The van der Waals surface area contributed by atoms with E-state index >= 15 is 0 Å². The van der Waals surface area contributed by atoms with Gasteiger partial charge in [0.05, 0.1) is 0 Å². The number of benzene rings is 2. The van der Waals surface area contributed by atoms with Gasteiger partial charge in [-0.15, -0.1) is 0 Å². The lowest BCUT2D eigenvalue weighted by atomic mass is 10.0. The molecule has 5 heteroatoms. The Bertz CT molecular complexity index is 845. The Morgan fingerprint density at radius 1 is 0.889 bits per heavy atom. The molecule has 0 saturated carbocycles. The number of carbonyl (C=O) groups excluding carboxylic acids is 2. The van der Waals surface area contributed by atoms with E-state index in [1.165, 1.54) is 5.56 Å². The lowest BCUT2D eigenvalue weighted by Gasteiger charge is -2.32. The monoisotopic (exact) mass is 365 g/mol. The molecule has 0 aliphatic carbocycles. The summed E-state index contributed by atoms with van der Waals surface area (Å²) in [7, 11) is 2.06. The van der Waals surface area contributed by atoms with Gasteiger partial charge in [0.25, 0.3) is 11.8 Å². The molecule has 2 amide bonds. The van der Waals surface area contributed by atoms with Crippen LogP contribution >= 0.6 is 0 Å². The molecule has 0 atom stereocenters. The first-order valence-corrected chi connectivity index (χ1v) is 9.32. The number of nitrogens with zero attached hydrogens (tertiary/aromatic N) is 2. The molecule has 0 bridgehead atoms. The normalized spacial score (nSPS) is 14.9. The molecule has 0 aromatic heterocycles. The van der Waals surface area contributed by atoms with Crippen LogP contribution in [-0.4, -0.2) is 54.8 Å². The number of anilines is 1. The van der Waals surface area contributed by atoms with Crippen LogP contribution in [-0.2, 0) is 0 Å². The first-order chi connectivity index (χ1) is 12.8. The molecule has 0 spiro atoms. The van der Waals surface area contributed by atoms with Crippen LogP contribution in [0.3, 0.4) is 0 Å². The molecular formula is C22H27N3O2. The van der Waals surface area contributed by atoms with Crippen molar-refractivity contribution in [3.8, 4) is 0 Å². The quantitative estimate of drug-likeness (QED) is 0.908. The van der Waals surface area contributed by atoms with E-state index in [1.54, 1.807) is 24.3 Å². The Balaban J connectivity index is 1.77. The van der Waals surface area contributed by atoms with Crippen LogP contribution in [0.1, 0.15) is 37.4 Å². The summed E-state index contributed by atoms with van der Waals surface area (Å²) in [6.45, 7) is 9.20.